The Morgan fingerprint density at radius 2 is 2.20 bits per heavy atom. The summed E-state index contributed by atoms with van der Waals surface area (Å²) >= 11 is 0. The van der Waals surface area contributed by atoms with Crippen LogP contribution in [0.5, 0.6) is 0 Å². The molecule has 2 aromatic heterocycles. The number of fused-ring (bicyclic) bond motifs is 3. The molecule has 0 spiro atoms. The van der Waals surface area contributed by atoms with Gasteiger partial charge < -0.3 is 10.3 Å². The topological polar surface area (TPSA) is 56.5 Å². The first-order valence-electron chi connectivity index (χ1n) is 7.23. The van der Waals surface area contributed by atoms with E-state index in [0.29, 0.717) is 6.04 Å². The fourth-order valence-electron chi connectivity index (χ4n) is 3.24. The van der Waals surface area contributed by atoms with Gasteiger partial charge in [0.25, 0.3) is 0 Å². The molecule has 4 nitrogen and oxygen atoms in total. The number of hydrogen-bond donors (Lipinski definition) is 3. The molecule has 1 atom stereocenters. The molecule has 4 heteroatoms. The van der Waals surface area contributed by atoms with Gasteiger partial charge in [-0.25, -0.2) is 0 Å². The Morgan fingerprint density at radius 3 is 3.10 bits per heavy atom. The molecule has 102 valence electrons. The molecule has 0 radical (unpaired) electrons. The minimum absolute atomic E-state index is 0.412. The molecule has 4 rings (SSSR count). The number of aromatic nitrogens is 3. The third-order valence-corrected chi connectivity index (χ3v) is 4.21. The molecule has 0 aliphatic heterocycles. The maximum absolute atomic E-state index is 3.99. The Morgan fingerprint density at radius 1 is 1.25 bits per heavy atom. The standard InChI is InChI=1S/C16H18N4/c1-2-6-14-12(4-1)13-5-3-7-15(16(13)19-14)17-10-11-8-9-18-20-11/h1-2,4,6,8-9,15,17,19H,3,5,7,10H2,(H,18,20). The van der Waals surface area contributed by atoms with Crippen LogP contribution in [0.2, 0.25) is 0 Å². The van der Waals surface area contributed by atoms with Gasteiger partial charge in [-0.05, 0) is 37.0 Å². The van der Waals surface area contributed by atoms with Gasteiger partial charge in [-0.1, -0.05) is 18.2 Å². The summed E-state index contributed by atoms with van der Waals surface area (Å²) in [6, 6.07) is 11.0. The summed E-state index contributed by atoms with van der Waals surface area (Å²) in [5.74, 6) is 0. The molecule has 1 unspecified atom stereocenters. The molecule has 3 N–H and O–H groups in total. The van der Waals surface area contributed by atoms with E-state index in [0.717, 1.165) is 12.2 Å². The Labute approximate surface area is 117 Å². The highest BCUT2D eigenvalue weighted by atomic mass is 15.1. The Kier molecular flexibility index (Phi) is 2.81. The first-order valence-corrected chi connectivity index (χ1v) is 7.23. The maximum atomic E-state index is 3.99. The number of para-hydroxylation sites is 1. The number of hydrogen-bond acceptors (Lipinski definition) is 2. The number of benzene rings is 1. The van der Waals surface area contributed by atoms with Crippen molar-refractivity contribution in [2.24, 2.45) is 0 Å². The van der Waals surface area contributed by atoms with Crippen LogP contribution in [0, 0.1) is 0 Å². The van der Waals surface area contributed by atoms with E-state index in [1.165, 1.54) is 41.4 Å². The van der Waals surface area contributed by atoms with Crippen LogP contribution in [-0.4, -0.2) is 15.2 Å². The zero-order valence-corrected chi connectivity index (χ0v) is 11.3. The van der Waals surface area contributed by atoms with Crippen LogP contribution in [0.3, 0.4) is 0 Å². The molecule has 0 amide bonds. The first-order chi connectivity index (χ1) is 9.92. The second-order valence-electron chi connectivity index (χ2n) is 5.47. The quantitative estimate of drug-likeness (QED) is 0.682. The van der Waals surface area contributed by atoms with E-state index in [2.05, 4.69) is 44.8 Å². The zero-order chi connectivity index (χ0) is 13.4. The lowest BCUT2D eigenvalue weighted by Crippen LogP contribution is -2.25. The van der Waals surface area contributed by atoms with Gasteiger partial charge in [0.15, 0.2) is 0 Å². The molecule has 1 aliphatic rings. The van der Waals surface area contributed by atoms with Crippen molar-refractivity contribution in [2.75, 3.05) is 0 Å². The van der Waals surface area contributed by atoms with E-state index in [1.807, 2.05) is 6.07 Å². The number of nitrogens with one attached hydrogen (secondary N) is 3. The van der Waals surface area contributed by atoms with Crippen LogP contribution < -0.4 is 5.32 Å². The van der Waals surface area contributed by atoms with Crippen molar-refractivity contribution in [1.82, 2.24) is 20.5 Å². The van der Waals surface area contributed by atoms with Gasteiger partial charge in [-0.15, -0.1) is 0 Å². The van der Waals surface area contributed by atoms with Crippen molar-refractivity contribution in [3.05, 3.63) is 53.5 Å². The molecule has 20 heavy (non-hydrogen) atoms. The second-order valence-corrected chi connectivity index (χ2v) is 5.47. The molecule has 2 heterocycles. The molecule has 0 fully saturated rings. The summed E-state index contributed by atoms with van der Waals surface area (Å²) in [5, 5.41) is 12.0. The minimum Gasteiger partial charge on any atom is -0.357 e. The largest absolute Gasteiger partial charge is 0.357 e. The van der Waals surface area contributed by atoms with Gasteiger partial charge in [0.1, 0.15) is 0 Å². The second kappa shape index (κ2) is 4.80. The fraction of sp³-hybridized carbons (Fsp3) is 0.312. The van der Waals surface area contributed by atoms with Gasteiger partial charge in [0, 0.05) is 41.1 Å². The minimum atomic E-state index is 0.412. The highest BCUT2D eigenvalue weighted by molar-refractivity contribution is 5.85. The normalized spacial score (nSPS) is 18.3. The molecular weight excluding hydrogens is 248 g/mol. The van der Waals surface area contributed by atoms with Crippen LogP contribution >= 0.6 is 0 Å². The van der Waals surface area contributed by atoms with Gasteiger partial charge in [-0.3, -0.25) is 5.10 Å². The van der Waals surface area contributed by atoms with Crippen LogP contribution in [0.25, 0.3) is 10.9 Å². The summed E-state index contributed by atoms with van der Waals surface area (Å²) in [6.45, 7) is 0.833. The van der Waals surface area contributed by atoms with E-state index in [9.17, 15) is 0 Å². The average molecular weight is 266 g/mol. The van der Waals surface area contributed by atoms with E-state index >= 15 is 0 Å². The summed E-state index contributed by atoms with van der Waals surface area (Å²) in [4.78, 5) is 3.61. The van der Waals surface area contributed by atoms with E-state index < -0.39 is 0 Å². The lowest BCUT2D eigenvalue weighted by Gasteiger charge is -2.23. The van der Waals surface area contributed by atoms with E-state index in [-0.39, 0.29) is 0 Å². The predicted octanol–water partition coefficient (Wildman–Crippen LogP) is 3.06. The van der Waals surface area contributed by atoms with Gasteiger partial charge in [0.2, 0.25) is 0 Å². The maximum Gasteiger partial charge on any atom is 0.0490 e. The molecule has 0 saturated heterocycles. The smallest absolute Gasteiger partial charge is 0.0490 e. The molecule has 3 aromatic rings. The Balaban J connectivity index is 1.64. The SMILES string of the molecule is c1ccc2c3c([nH]c2c1)C(NCc1ccn[nH]1)CCC3. The third kappa shape index (κ3) is 1.93. The van der Waals surface area contributed by atoms with Gasteiger partial charge >= 0.3 is 0 Å². The monoisotopic (exact) mass is 266 g/mol. The number of rotatable bonds is 3. The number of nitrogens with zero attached hydrogens (tertiary/aromatic N) is 1. The molecular formula is C16H18N4. The highest BCUT2D eigenvalue weighted by Crippen LogP contribution is 2.34. The van der Waals surface area contributed by atoms with Crippen molar-refractivity contribution in [3.8, 4) is 0 Å². The van der Waals surface area contributed by atoms with Gasteiger partial charge in [0.05, 0.1) is 0 Å². The number of aromatic amines is 2. The summed E-state index contributed by atoms with van der Waals surface area (Å²) < 4.78 is 0. The van der Waals surface area contributed by atoms with E-state index in [4.69, 9.17) is 0 Å². The highest BCUT2D eigenvalue weighted by Gasteiger charge is 2.23. The Bertz CT molecular complexity index is 711. The van der Waals surface area contributed by atoms with Crippen LogP contribution in [-0.2, 0) is 13.0 Å². The van der Waals surface area contributed by atoms with Crippen LogP contribution in [0.1, 0.15) is 35.8 Å². The molecule has 1 aromatic carbocycles. The first kappa shape index (κ1) is 11.7. The average Bonchev–Trinajstić information content (AvgIpc) is 3.12. The van der Waals surface area contributed by atoms with Crippen molar-refractivity contribution in [3.63, 3.8) is 0 Å². The number of aryl methyl sites for hydroxylation is 1. The lowest BCUT2D eigenvalue weighted by molar-refractivity contribution is 0.449. The van der Waals surface area contributed by atoms with E-state index in [1.54, 1.807) is 6.20 Å². The molecule has 0 saturated carbocycles. The zero-order valence-electron chi connectivity index (χ0n) is 11.3. The van der Waals surface area contributed by atoms with Crippen LogP contribution in [0.15, 0.2) is 36.5 Å². The summed E-state index contributed by atoms with van der Waals surface area (Å²) in [5.41, 5.74) is 5.26. The fourth-order valence-corrected chi connectivity index (χ4v) is 3.24. The summed E-state index contributed by atoms with van der Waals surface area (Å²) in [7, 11) is 0. The van der Waals surface area contributed by atoms with Crippen molar-refractivity contribution in [1.29, 1.82) is 0 Å². The predicted molar refractivity (Wildman–Crippen MR) is 79.4 cm³/mol. The van der Waals surface area contributed by atoms with Crippen molar-refractivity contribution < 1.29 is 0 Å². The lowest BCUT2D eigenvalue weighted by atomic mass is 9.91. The summed E-state index contributed by atoms with van der Waals surface area (Å²) in [6.07, 6.45) is 5.41. The van der Waals surface area contributed by atoms with Crippen molar-refractivity contribution in [2.45, 2.75) is 31.8 Å². The van der Waals surface area contributed by atoms with Crippen LogP contribution in [0.4, 0.5) is 0 Å². The molecule has 0 bridgehead atoms. The Hall–Kier alpha value is -2.07. The van der Waals surface area contributed by atoms with Crippen molar-refractivity contribution >= 4 is 10.9 Å². The van der Waals surface area contributed by atoms with Gasteiger partial charge in [-0.2, -0.15) is 5.10 Å². The third-order valence-electron chi connectivity index (χ3n) is 4.21. The number of H-pyrrole nitrogens is 2. The molecule has 1 aliphatic carbocycles.